The first kappa shape index (κ1) is 25.3. The van der Waals surface area contributed by atoms with Crippen LogP contribution in [0.4, 0.5) is 0 Å². The molecule has 1 nitrogen and oxygen atoms in total. The molecule has 7 aromatic carbocycles. The Morgan fingerprint density at radius 3 is 1.77 bits per heavy atom. The van der Waals surface area contributed by atoms with Crippen molar-refractivity contribution in [1.29, 1.82) is 0 Å². The highest BCUT2D eigenvalue weighted by molar-refractivity contribution is 6.25. The van der Waals surface area contributed by atoms with Crippen molar-refractivity contribution in [2.45, 2.75) is 13.8 Å². The number of furan rings is 1. The number of benzene rings is 7. The van der Waals surface area contributed by atoms with E-state index in [0.29, 0.717) is 0 Å². The van der Waals surface area contributed by atoms with Gasteiger partial charge in [-0.2, -0.15) is 0 Å². The fraction of sp³-hybridized carbons (Fsp3) is 0.0476. The predicted molar refractivity (Wildman–Crippen MR) is 186 cm³/mol. The maximum atomic E-state index is 6.70. The summed E-state index contributed by atoms with van der Waals surface area (Å²) in [6.45, 7) is 4.18. The minimum Gasteiger partial charge on any atom is -0.455 e. The molecular formula is C42H30O. The molecule has 0 saturated carbocycles. The van der Waals surface area contributed by atoms with Gasteiger partial charge in [-0.3, -0.25) is 0 Å². The predicted octanol–water partition coefficient (Wildman–Crippen LogP) is 12.4. The van der Waals surface area contributed by atoms with Crippen LogP contribution in [0.1, 0.15) is 19.4 Å². The second kappa shape index (κ2) is 10.2. The van der Waals surface area contributed by atoms with Gasteiger partial charge >= 0.3 is 0 Å². The molecule has 0 amide bonds. The zero-order chi connectivity index (χ0) is 28.9. The third-order valence-corrected chi connectivity index (χ3v) is 8.74. The SMILES string of the molecule is CC=CC=C(C)c1cccc2c1oc1c(-c3cccc(-c4ccc5c6ccccc6c6ccccc6c5c4)c3)cccc12. The van der Waals surface area contributed by atoms with Gasteiger partial charge in [-0.05, 0) is 80.6 Å². The molecule has 1 aromatic heterocycles. The van der Waals surface area contributed by atoms with E-state index in [1.54, 1.807) is 0 Å². The van der Waals surface area contributed by atoms with E-state index < -0.39 is 0 Å². The van der Waals surface area contributed by atoms with Crippen LogP contribution in [0.25, 0.3) is 82.1 Å². The molecule has 0 saturated heterocycles. The van der Waals surface area contributed by atoms with Crippen molar-refractivity contribution in [3.05, 3.63) is 151 Å². The molecule has 204 valence electrons. The lowest BCUT2D eigenvalue weighted by atomic mass is 9.91. The van der Waals surface area contributed by atoms with Crippen LogP contribution in [0.3, 0.4) is 0 Å². The van der Waals surface area contributed by atoms with E-state index in [-0.39, 0.29) is 0 Å². The molecule has 8 rings (SSSR count). The molecule has 0 spiro atoms. The van der Waals surface area contributed by atoms with Crippen molar-refractivity contribution in [3.8, 4) is 22.3 Å². The van der Waals surface area contributed by atoms with Gasteiger partial charge in [0.2, 0.25) is 0 Å². The molecule has 0 bridgehead atoms. The van der Waals surface area contributed by atoms with Crippen LogP contribution >= 0.6 is 0 Å². The van der Waals surface area contributed by atoms with Crippen LogP contribution in [0.15, 0.2) is 150 Å². The van der Waals surface area contributed by atoms with Gasteiger partial charge in [0.05, 0.1) is 0 Å². The number of hydrogen-bond donors (Lipinski definition) is 0. The second-order valence-electron chi connectivity index (χ2n) is 11.3. The third kappa shape index (κ3) is 4.08. The fourth-order valence-corrected chi connectivity index (χ4v) is 6.64. The first-order valence-electron chi connectivity index (χ1n) is 14.9. The van der Waals surface area contributed by atoms with Crippen LogP contribution in [-0.4, -0.2) is 0 Å². The molecule has 8 aromatic rings. The van der Waals surface area contributed by atoms with Crippen LogP contribution in [0, 0.1) is 0 Å². The van der Waals surface area contributed by atoms with Crippen LogP contribution in [0.5, 0.6) is 0 Å². The summed E-state index contributed by atoms with van der Waals surface area (Å²) in [7, 11) is 0. The first-order valence-corrected chi connectivity index (χ1v) is 14.9. The highest BCUT2D eigenvalue weighted by Crippen LogP contribution is 2.41. The quantitative estimate of drug-likeness (QED) is 0.157. The molecule has 0 fully saturated rings. The van der Waals surface area contributed by atoms with Gasteiger partial charge in [-0.1, -0.05) is 133 Å². The summed E-state index contributed by atoms with van der Waals surface area (Å²) < 4.78 is 6.70. The van der Waals surface area contributed by atoms with Crippen molar-refractivity contribution < 1.29 is 4.42 Å². The standard InChI is InChI=1S/C42H30O/c1-3-4-12-27(2)31-19-10-21-38-39-22-11-20-32(42(39)43-41(31)38)30-14-9-13-28(25-30)29-23-24-37-35-17-6-5-15-33(35)34-16-7-8-18-36(34)40(37)26-29/h3-26H,1-2H3. The Hall–Kier alpha value is -5.40. The zero-order valence-corrected chi connectivity index (χ0v) is 24.3. The summed E-state index contributed by atoms with van der Waals surface area (Å²) in [5, 5.41) is 10.0. The van der Waals surface area contributed by atoms with Gasteiger partial charge in [-0.25, -0.2) is 0 Å². The summed E-state index contributed by atoms with van der Waals surface area (Å²) in [5.74, 6) is 0. The van der Waals surface area contributed by atoms with Gasteiger partial charge in [0.15, 0.2) is 0 Å². The molecule has 43 heavy (non-hydrogen) atoms. The minimum absolute atomic E-state index is 0.928. The molecule has 1 heterocycles. The Labute approximate surface area is 251 Å². The van der Waals surface area contributed by atoms with Gasteiger partial charge < -0.3 is 4.42 Å². The van der Waals surface area contributed by atoms with Crippen LogP contribution in [-0.2, 0) is 0 Å². The molecule has 1 heteroatoms. The summed E-state index contributed by atoms with van der Waals surface area (Å²) >= 11 is 0. The zero-order valence-electron chi connectivity index (χ0n) is 24.3. The van der Waals surface area contributed by atoms with Crippen LogP contribution < -0.4 is 0 Å². The van der Waals surface area contributed by atoms with Gasteiger partial charge in [0.1, 0.15) is 11.2 Å². The normalized spacial score (nSPS) is 12.5. The average Bonchev–Trinajstić information content (AvgIpc) is 3.46. The van der Waals surface area contributed by atoms with Gasteiger partial charge in [0, 0.05) is 21.9 Å². The molecule has 0 unspecified atom stereocenters. The highest BCUT2D eigenvalue weighted by Gasteiger charge is 2.16. The molecule has 0 radical (unpaired) electrons. The fourth-order valence-electron chi connectivity index (χ4n) is 6.64. The van der Waals surface area contributed by atoms with E-state index >= 15 is 0 Å². The molecule has 0 atom stereocenters. The Morgan fingerprint density at radius 2 is 1.05 bits per heavy atom. The Balaban J connectivity index is 1.30. The van der Waals surface area contributed by atoms with Gasteiger partial charge in [-0.15, -0.1) is 0 Å². The van der Waals surface area contributed by atoms with E-state index in [0.717, 1.165) is 38.6 Å². The smallest absolute Gasteiger partial charge is 0.143 e. The van der Waals surface area contributed by atoms with E-state index in [1.165, 1.54) is 49.0 Å². The summed E-state index contributed by atoms with van der Waals surface area (Å²) in [4.78, 5) is 0. The minimum atomic E-state index is 0.928. The Kier molecular flexibility index (Phi) is 5.98. The summed E-state index contributed by atoms with van der Waals surface area (Å²) in [5.41, 5.74) is 8.83. The van der Waals surface area contributed by atoms with E-state index in [9.17, 15) is 0 Å². The molecule has 0 aliphatic carbocycles. The highest BCUT2D eigenvalue weighted by atomic mass is 16.3. The molecule has 0 aliphatic rings. The summed E-state index contributed by atoms with van der Waals surface area (Å²) in [6.07, 6.45) is 6.27. The Morgan fingerprint density at radius 1 is 0.488 bits per heavy atom. The lowest BCUT2D eigenvalue weighted by Crippen LogP contribution is -1.86. The maximum Gasteiger partial charge on any atom is 0.143 e. The number of allylic oxidation sites excluding steroid dienone is 4. The van der Waals surface area contributed by atoms with E-state index in [4.69, 9.17) is 4.42 Å². The first-order chi connectivity index (χ1) is 21.2. The summed E-state index contributed by atoms with van der Waals surface area (Å²) in [6, 6.07) is 46.2. The lowest BCUT2D eigenvalue weighted by Gasteiger charge is -2.12. The number of para-hydroxylation sites is 2. The molecule has 0 N–H and O–H groups in total. The van der Waals surface area contributed by atoms with Crippen molar-refractivity contribution in [3.63, 3.8) is 0 Å². The van der Waals surface area contributed by atoms with Crippen molar-refractivity contribution >= 4 is 59.8 Å². The second-order valence-corrected chi connectivity index (χ2v) is 11.3. The number of rotatable bonds is 4. The number of hydrogen-bond acceptors (Lipinski definition) is 1. The maximum absolute atomic E-state index is 6.70. The van der Waals surface area contributed by atoms with E-state index in [1.807, 2.05) is 13.0 Å². The van der Waals surface area contributed by atoms with Crippen molar-refractivity contribution in [2.75, 3.05) is 0 Å². The topological polar surface area (TPSA) is 13.1 Å². The lowest BCUT2D eigenvalue weighted by molar-refractivity contribution is 0.668. The Bertz CT molecular complexity index is 2380. The van der Waals surface area contributed by atoms with E-state index in [2.05, 4.69) is 146 Å². The molecular weight excluding hydrogens is 520 g/mol. The third-order valence-electron chi connectivity index (χ3n) is 8.74. The van der Waals surface area contributed by atoms with Gasteiger partial charge in [0.25, 0.3) is 0 Å². The molecule has 0 aliphatic heterocycles. The monoisotopic (exact) mass is 550 g/mol. The van der Waals surface area contributed by atoms with Crippen LogP contribution in [0.2, 0.25) is 0 Å². The van der Waals surface area contributed by atoms with Crippen molar-refractivity contribution in [2.24, 2.45) is 0 Å². The average molecular weight is 551 g/mol. The number of fused-ring (bicyclic) bond motifs is 9. The van der Waals surface area contributed by atoms with Crippen molar-refractivity contribution in [1.82, 2.24) is 0 Å². The largest absolute Gasteiger partial charge is 0.455 e.